The summed E-state index contributed by atoms with van der Waals surface area (Å²) >= 11 is 3.50. The smallest absolute Gasteiger partial charge is 0.113 e. The number of rotatable bonds is 3. The lowest BCUT2D eigenvalue weighted by atomic mass is 10.1. The van der Waals surface area contributed by atoms with Gasteiger partial charge in [-0.05, 0) is 56.5 Å². The third-order valence-electron chi connectivity index (χ3n) is 3.89. The van der Waals surface area contributed by atoms with Crippen molar-refractivity contribution < 1.29 is 5.11 Å². The molecule has 0 saturated carbocycles. The largest absolute Gasteiger partial charge is 0.385 e. The van der Waals surface area contributed by atoms with Gasteiger partial charge in [-0.15, -0.1) is 0 Å². The first kappa shape index (κ1) is 15.0. The van der Waals surface area contributed by atoms with E-state index in [1.807, 2.05) is 11.6 Å². The molecule has 1 aliphatic rings. The van der Waals surface area contributed by atoms with Crippen LogP contribution in [0.5, 0.6) is 0 Å². The fraction of sp³-hybridized carbons (Fsp3) is 0.769. The minimum atomic E-state index is -0.526. The molecule has 2 rings (SSSR count). The number of halogens is 1. The van der Waals surface area contributed by atoms with Crippen molar-refractivity contribution in [1.29, 1.82) is 0 Å². The van der Waals surface area contributed by atoms with Crippen molar-refractivity contribution in [2.75, 3.05) is 33.7 Å². The van der Waals surface area contributed by atoms with E-state index < -0.39 is 6.10 Å². The summed E-state index contributed by atoms with van der Waals surface area (Å²) in [5.74, 6) is 0. The second kappa shape index (κ2) is 6.35. The van der Waals surface area contributed by atoms with Gasteiger partial charge in [0.1, 0.15) is 6.10 Å². The van der Waals surface area contributed by atoms with E-state index in [-0.39, 0.29) is 6.04 Å². The van der Waals surface area contributed by atoms with Crippen LogP contribution < -0.4 is 0 Å². The normalized spacial score (nSPS) is 24.4. The molecular weight excluding hydrogens is 308 g/mol. The summed E-state index contributed by atoms with van der Waals surface area (Å²) in [7, 11) is 4.21. The van der Waals surface area contributed by atoms with Gasteiger partial charge in [-0.3, -0.25) is 9.58 Å². The third kappa shape index (κ3) is 3.18. The molecule has 2 atom stereocenters. The SMILES string of the molecule is CCn1ncc(Br)c1C(O)C1CN(C)CCCN1C. The van der Waals surface area contributed by atoms with Gasteiger partial charge in [0, 0.05) is 13.1 Å². The minimum Gasteiger partial charge on any atom is -0.385 e. The van der Waals surface area contributed by atoms with Crippen LogP contribution in [0.3, 0.4) is 0 Å². The first-order chi connectivity index (χ1) is 9.04. The average molecular weight is 331 g/mol. The molecule has 2 unspecified atom stereocenters. The van der Waals surface area contributed by atoms with E-state index in [9.17, 15) is 5.11 Å². The maximum absolute atomic E-state index is 10.8. The first-order valence-corrected chi connectivity index (χ1v) is 7.62. The van der Waals surface area contributed by atoms with Crippen LogP contribution in [0.15, 0.2) is 10.7 Å². The van der Waals surface area contributed by atoms with Gasteiger partial charge >= 0.3 is 0 Å². The highest BCUT2D eigenvalue weighted by Gasteiger charge is 2.31. The molecule has 1 fully saturated rings. The van der Waals surface area contributed by atoms with Crippen molar-refractivity contribution in [3.05, 3.63) is 16.4 Å². The zero-order chi connectivity index (χ0) is 14.0. The Kier molecular flexibility index (Phi) is 5.00. The Balaban J connectivity index is 2.25. The molecule has 0 spiro atoms. The molecule has 0 aromatic carbocycles. The van der Waals surface area contributed by atoms with Crippen molar-refractivity contribution >= 4 is 15.9 Å². The molecule has 5 nitrogen and oxygen atoms in total. The number of likely N-dealkylation sites (N-methyl/N-ethyl adjacent to an activating group) is 2. The van der Waals surface area contributed by atoms with Crippen LogP contribution in [0.25, 0.3) is 0 Å². The zero-order valence-corrected chi connectivity index (χ0v) is 13.5. The molecule has 1 N–H and O–H groups in total. The summed E-state index contributed by atoms with van der Waals surface area (Å²) in [5.41, 5.74) is 0.884. The molecule has 2 heterocycles. The summed E-state index contributed by atoms with van der Waals surface area (Å²) < 4.78 is 2.76. The number of aliphatic hydroxyl groups is 1. The van der Waals surface area contributed by atoms with Crippen molar-refractivity contribution in [1.82, 2.24) is 19.6 Å². The van der Waals surface area contributed by atoms with Gasteiger partial charge in [-0.2, -0.15) is 5.10 Å². The fourth-order valence-electron chi connectivity index (χ4n) is 2.75. The maximum atomic E-state index is 10.8. The standard InChI is InChI=1S/C13H23BrN4O/c1-4-18-12(10(14)8-15-18)13(19)11-9-16(2)6-5-7-17(11)3/h8,11,13,19H,4-7,9H2,1-3H3. The molecule has 6 heteroatoms. The highest BCUT2D eigenvalue weighted by atomic mass is 79.9. The van der Waals surface area contributed by atoms with Crippen LogP contribution in [0, 0.1) is 0 Å². The lowest BCUT2D eigenvalue weighted by molar-refractivity contribution is 0.0506. The molecule has 1 aliphatic heterocycles. The second-order valence-corrected chi connectivity index (χ2v) is 6.16. The molecule has 0 amide bonds. The van der Waals surface area contributed by atoms with Crippen LogP contribution in [0.4, 0.5) is 0 Å². The number of aliphatic hydroxyl groups excluding tert-OH is 1. The van der Waals surface area contributed by atoms with Gasteiger partial charge in [0.2, 0.25) is 0 Å². The maximum Gasteiger partial charge on any atom is 0.113 e. The molecule has 0 aliphatic carbocycles. The van der Waals surface area contributed by atoms with Crippen LogP contribution in [0.2, 0.25) is 0 Å². The quantitative estimate of drug-likeness (QED) is 0.908. The third-order valence-corrected chi connectivity index (χ3v) is 4.50. The number of aryl methyl sites for hydroxylation is 1. The molecular formula is C13H23BrN4O. The Morgan fingerprint density at radius 2 is 2.21 bits per heavy atom. The average Bonchev–Trinajstić information content (AvgIpc) is 2.67. The summed E-state index contributed by atoms with van der Waals surface area (Å²) in [4.78, 5) is 4.55. The zero-order valence-electron chi connectivity index (χ0n) is 11.9. The van der Waals surface area contributed by atoms with E-state index >= 15 is 0 Å². The molecule has 108 valence electrons. The predicted octanol–water partition coefficient (Wildman–Crippen LogP) is 1.33. The Labute approximate surface area is 123 Å². The van der Waals surface area contributed by atoms with Gasteiger partial charge < -0.3 is 10.0 Å². The van der Waals surface area contributed by atoms with Gasteiger partial charge in [-0.25, -0.2) is 0 Å². The molecule has 1 aromatic rings. The lowest BCUT2D eigenvalue weighted by Crippen LogP contribution is -2.42. The topological polar surface area (TPSA) is 44.5 Å². The van der Waals surface area contributed by atoms with E-state index in [0.29, 0.717) is 0 Å². The Hall–Kier alpha value is -0.430. The van der Waals surface area contributed by atoms with Gasteiger partial charge in [0.25, 0.3) is 0 Å². The van der Waals surface area contributed by atoms with E-state index in [4.69, 9.17) is 0 Å². The summed E-state index contributed by atoms with van der Waals surface area (Å²) in [5, 5.41) is 15.1. The van der Waals surface area contributed by atoms with E-state index in [1.54, 1.807) is 6.20 Å². The summed E-state index contributed by atoms with van der Waals surface area (Å²) in [6, 6.07) is 0.103. The second-order valence-electron chi connectivity index (χ2n) is 5.30. The lowest BCUT2D eigenvalue weighted by Gasteiger charge is -2.32. The van der Waals surface area contributed by atoms with Crippen molar-refractivity contribution in [2.24, 2.45) is 0 Å². The van der Waals surface area contributed by atoms with Crippen molar-refractivity contribution in [3.8, 4) is 0 Å². The monoisotopic (exact) mass is 330 g/mol. The van der Waals surface area contributed by atoms with E-state index in [0.717, 1.165) is 42.8 Å². The number of hydrogen-bond donors (Lipinski definition) is 1. The highest BCUT2D eigenvalue weighted by Crippen LogP contribution is 2.28. The van der Waals surface area contributed by atoms with Gasteiger partial charge in [0.15, 0.2) is 0 Å². The minimum absolute atomic E-state index is 0.103. The van der Waals surface area contributed by atoms with Crippen molar-refractivity contribution in [2.45, 2.75) is 32.0 Å². The Morgan fingerprint density at radius 1 is 1.47 bits per heavy atom. The first-order valence-electron chi connectivity index (χ1n) is 6.82. The molecule has 0 bridgehead atoms. The van der Waals surface area contributed by atoms with Gasteiger partial charge in [-0.1, -0.05) is 0 Å². The van der Waals surface area contributed by atoms with Crippen LogP contribution in [0.1, 0.15) is 25.1 Å². The van der Waals surface area contributed by atoms with Crippen LogP contribution in [-0.4, -0.2) is 64.5 Å². The summed E-state index contributed by atoms with van der Waals surface area (Å²) in [6.45, 7) is 5.79. The summed E-state index contributed by atoms with van der Waals surface area (Å²) in [6.07, 6.45) is 2.38. The van der Waals surface area contributed by atoms with Crippen LogP contribution in [-0.2, 0) is 6.54 Å². The fourth-order valence-corrected chi connectivity index (χ4v) is 3.28. The number of hydrogen-bond acceptors (Lipinski definition) is 4. The van der Waals surface area contributed by atoms with Gasteiger partial charge in [0.05, 0.1) is 22.4 Å². The van der Waals surface area contributed by atoms with E-state index in [2.05, 4.69) is 44.9 Å². The highest BCUT2D eigenvalue weighted by molar-refractivity contribution is 9.10. The Morgan fingerprint density at radius 3 is 2.89 bits per heavy atom. The predicted molar refractivity (Wildman–Crippen MR) is 79.1 cm³/mol. The molecule has 1 aromatic heterocycles. The van der Waals surface area contributed by atoms with Crippen molar-refractivity contribution in [3.63, 3.8) is 0 Å². The molecule has 19 heavy (non-hydrogen) atoms. The number of aromatic nitrogens is 2. The number of nitrogens with zero attached hydrogens (tertiary/aromatic N) is 4. The van der Waals surface area contributed by atoms with Crippen LogP contribution >= 0.6 is 15.9 Å². The Bertz CT molecular complexity index is 423. The molecule has 1 saturated heterocycles. The van der Waals surface area contributed by atoms with E-state index in [1.165, 1.54) is 0 Å². The molecule has 0 radical (unpaired) electrons.